The van der Waals surface area contributed by atoms with E-state index in [2.05, 4.69) is 45.7 Å². The van der Waals surface area contributed by atoms with Gasteiger partial charge in [-0.3, -0.25) is 4.79 Å². The van der Waals surface area contributed by atoms with E-state index < -0.39 is 0 Å². The van der Waals surface area contributed by atoms with Crippen LogP contribution in [0.4, 0.5) is 0 Å². The molecule has 0 fully saturated rings. The minimum absolute atomic E-state index is 0.000509. The summed E-state index contributed by atoms with van der Waals surface area (Å²) >= 11 is 12.9. The molecule has 1 aromatic carbocycles. The lowest BCUT2D eigenvalue weighted by atomic mass is 10.1. The van der Waals surface area contributed by atoms with Crippen molar-refractivity contribution in [3.8, 4) is 0 Å². The normalized spacial score (nSPS) is 10.8. The number of carbonyl (C=O) groups excluding carboxylic acids is 1. The standard InChI is InChI=1S/C14H18Br2ClNO/c1-3-11(4-2)18(8-7-15)14(19)12-9-10(16)5-6-13(12)17/h5-6,9,11H,3-4,7-8H2,1-2H3. The lowest BCUT2D eigenvalue weighted by molar-refractivity contribution is 0.0683. The first-order valence-corrected chi connectivity index (χ1v) is 8.66. The molecule has 0 N–H and O–H groups in total. The third kappa shape index (κ3) is 4.47. The molecule has 0 spiro atoms. The molecule has 19 heavy (non-hydrogen) atoms. The van der Waals surface area contributed by atoms with Gasteiger partial charge in [-0.15, -0.1) is 0 Å². The van der Waals surface area contributed by atoms with Crippen molar-refractivity contribution in [2.75, 3.05) is 11.9 Å². The second-order valence-electron chi connectivity index (χ2n) is 4.28. The molecule has 0 bridgehead atoms. The molecular weight excluding hydrogens is 393 g/mol. The lowest BCUT2D eigenvalue weighted by Gasteiger charge is -2.30. The molecule has 1 rings (SSSR count). The largest absolute Gasteiger partial charge is 0.335 e. The van der Waals surface area contributed by atoms with Crippen molar-refractivity contribution in [3.05, 3.63) is 33.3 Å². The molecule has 0 aliphatic rings. The number of hydrogen-bond acceptors (Lipinski definition) is 1. The maximum absolute atomic E-state index is 12.7. The molecule has 1 aromatic rings. The van der Waals surface area contributed by atoms with E-state index in [1.165, 1.54) is 0 Å². The molecule has 2 nitrogen and oxygen atoms in total. The topological polar surface area (TPSA) is 20.3 Å². The minimum atomic E-state index is -0.000509. The van der Waals surface area contributed by atoms with Gasteiger partial charge in [0.2, 0.25) is 0 Å². The second-order valence-corrected chi connectivity index (χ2v) is 6.40. The van der Waals surface area contributed by atoms with Crippen molar-refractivity contribution in [1.29, 1.82) is 0 Å². The average Bonchev–Trinajstić information content (AvgIpc) is 2.41. The van der Waals surface area contributed by atoms with Gasteiger partial charge >= 0.3 is 0 Å². The molecule has 106 valence electrons. The van der Waals surface area contributed by atoms with Crippen LogP contribution in [0.1, 0.15) is 37.0 Å². The summed E-state index contributed by atoms with van der Waals surface area (Å²) in [5, 5.41) is 1.26. The summed E-state index contributed by atoms with van der Waals surface area (Å²) in [7, 11) is 0. The minimum Gasteiger partial charge on any atom is -0.335 e. The van der Waals surface area contributed by atoms with Crippen molar-refractivity contribution in [3.63, 3.8) is 0 Å². The van der Waals surface area contributed by atoms with E-state index in [-0.39, 0.29) is 11.9 Å². The van der Waals surface area contributed by atoms with E-state index in [0.29, 0.717) is 17.1 Å². The van der Waals surface area contributed by atoms with Gasteiger partial charge in [0.1, 0.15) is 0 Å². The van der Waals surface area contributed by atoms with E-state index >= 15 is 0 Å². The van der Waals surface area contributed by atoms with Crippen LogP contribution in [0.25, 0.3) is 0 Å². The Balaban J connectivity index is 3.08. The Hall–Kier alpha value is -0.0600. The highest BCUT2D eigenvalue weighted by atomic mass is 79.9. The van der Waals surface area contributed by atoms with Crippen molar-refractivity contribution in [2.24, 2.45) is 0 Å². The number of rotatable bonds is 6. The Kier molecular flexibility index (Phi) is 7.40. The van der Waals surface area contributed by atoms with E-state index in [4.69, 9.17) is 11.6 Å². The lowest BCUT2D eigenvalue weighted by Crippen LogP contribution is -2.41. The molecule has 0 aromatic heterocycles. The Bertz CT molecular complexity index is 435. The number of carbonyl (C=O) groups is 1. The second kappa shape index (κ2) is 8.28. The molecule has 0 heterocycles. The highest BCUT2D eigenvalue weighted by molar-refractivity contribution is 9.10. The van der Waals surface area contributed by atoms with Crippen LogP contribution in [0.5, 0.6) is 0 Å². The summed E-state index contributed by atoms with van der Waals surface area (Å²) < 4.78 is 0.864. The van der Waals surface area contributed by atoms with Crippen LogP contribution in [0, 0.1) is 0 Å². The molecule has 0 saturated heterocycles. The van der Waals surface area contributed by atoms with Crippen LogP contribution in [0.3, 0.4) is 0 Å². The van der Waals surface area contributed by atoms with Gasteiger partial charge in [-0.25, -0.2) is 0 Å². The van der Waals surface area contributed by atoms with E-state index in [9.17, 15) is 4.79 Å². The van der Waals surface area contributed by atoms with Crippen molar-refractivity contribution in [1.82, 2.24) is 4.90 Å². The Labute approximate surface area is 136 Å². The van der Waals surface area contributed by atoms with Crippen LogP contribution < -0.4 is 0 Å². The number of hydrogen-bond donors (Lipinski definition) is 0. The molecular formula is C14H18Br2ClNO. The maximum atomic E-state index is 12.7. The number of nitrogens with zero attached hydrogens (tertiary/aromatic N) is 1. The van der Waals surface area contributed by atoms with Crippen LogP contribution >= 0.6 is 43.5 Å². The first-order chi connectivity index (χ1) is 9.04. The highest BCUT2D eigenvalue weighted by Crippen LogP contribution is 2.24. The zero-order valence-electron chi connectivity index (χ0n) is 11.1. The van der Waals surface area contributed by atoms with E-state index in [0.717, 1.165) is 22.6 Å². The van der Waals surface area contributed by atoms with Crippen LogP contribution in [-0.4, -0.2) is 28.7 Å². The van der Waals surface area contributed by atoms with Gasteiger partial charge in [0.25, 0.3) is 5.91 Å². The average molecular weight is 412 g/mol. The van der Waals surface area contributed by atoms with Crippen LogP contribution in [-0.2, 0) is 0 Å². The van der Waals surface area contributed by atoms with Gasteiger partial charge < -0.3 is 4.90 Å². The molecule has 0 saturated carbocycles. The Morgan fingerprint density at radius 1 is 1.37 bits per heavy atom. The molecule has 0 radical (unpaired) electrons. The molecule has 5 heteroatoms. The highest BCUT2D eigenvalue weighted by Gasteiger charge is 2.23. The first kappa shape index (κ1) is 17.0. The van der Waals surface area contributed by atoms with Gasteiger partial charge in [0.15, 0.2) is 0 Å². The van der Waals surface area contributed by atoms with Gasteiger partial charge in [-0.05, 0) is 31.0 Å². The molecule has 0 aliphatic heterocycles. The Morgan fingerprint density at radius 3 is 2.53 bits per heavy atom. The maximum Gasteiger partial charge on any atom is 0.255 e. The predicted octanol–water partition coefficient (Wildman–Crippen LogP) is 5.13. The fourth-order valence-electron chi connectivity index (χ4n) is 2.09. The third-order valence-electron chi connectivity index (χ3n) is 3.13. The Morgan fingerprint density at radius 2 is 2.00 bits per heavy atom. The van der Waals surface area contributed by atoms with Crippen molar-refractivity contribution < 1.29 is 4.79 Å². The summed E-state index contributed by atoms with van der Waals surface area (Å²) in [6.45, 7) is 4.89. The molecule has 0 aliphatic carbocycles. The van der Waals surface area contributed by atoms with Crippen molar-refractivity contribution >= 4 is 49.4 Å². The molecule has 1 amide bonds. The third-order valence-corrected chi connectivity index (χ3v) is 4.31. The summed E-state index contributed by atoms with van der Waals surface area (Å²) in [4.78, 5) is 14.6. The number of benzene rings is 1. The van der Waals surface area contributed by atoms with Gasteiger partial charge in [0, 0.05) is 22.4 Å². The number of amides is 1. The van der Waals surface area contributed by atoms with Crippen LogP contribution in [0.2, 0.25) is 5.02 Å². The van der Waals surface area contributed by atoms with E-state index in [1.54, 1.807) is 12.1 Å². The first-order valence-electron chi connectivity index (χ1n) is 6.37. The summed E-state index contributed by atoms with van der Waals surface area (Å²) in [6, 6.07) is 5.62. The monoisotopic (exact) mass is 409 g/mol. The summed E-state index contributed by atoms with van der Waals surface area (Å²) in [5.41, 5.74) is 0.559. The predicted molar refractivity (Wildman–Crippen MR) is 88.4 cm³/mol. The zero-order chi connectivity index (χ0) is 14.4. The van der Waals surface area contributed by atoms with Gasteiger partial charge in [-0.1, -0.05) is 57.3 Å². The number of alkyl halides is 1. The van der Waals surface area contributed by atoms with E-state index in [1.807, 2.05) is 11.0 Å². The molecule has 0 atom stereocenters. The van der Waals surface area contributed by atoms with Crippen molar-refractivity contribution in [2.45, 2.75) is 32.7 Å². The fraction of sp³-hybridized carbons (Fsp3) is 0.500. The number of halogens is 3. The molecule has 0 unspecified atom stereocenters. The zero-order valence-corrected chi connectivity index (χ0v) is 15.1. The quantitative estimate of drug-likeness (QED) is 0.595. The SMILES string of the molecule is CCC(CC)N(CCBr)C(=O)c1cc(Br)ccc1Cl. The van der Waals surface area contributed by atoms with Gasteiger partial charge in [0.05, 0.1) is 10.6 Å². The summed E-state index contributed by atoms with van der Waals surface area (Å²) in [5.74, 6) is -0.000509. The summed E-state index contributed by atoms with van der Waals surface area (Å²) in [6.07, 6.45) is 1.89. The van der Waals surface area contributed by atoms with Crippen LogP contribution in [0.15, 0.2) is 22.7 Å². The smallest absolute Gasteiger partial charge is 0.255 e. The fourth-order valence-corrected chi connectivity index (χ4v) is 3.03. The van der Waals surface area contributed by atoms with Gasteiger partial charge in [-0.2, -0.15) is 0 Å².